The van der Waals surface area contributed by atoms with Gasteiger partial charge in [0.2, 0.25) is 5.91 Å². The lowest BCUT2D eigenvalue weighted by Crippen LogP contribution is -2.54. The highest BCUT2D eigenvalue weighted by atomic mass is 19.2. The molecule has 3 aliphatic rings. The third-order valence-electron chi connectivity index (χ3n) is 6.17. The van der Waals surface area contributed by atoms with Crippen LogP contribution in [0.1, 0.15) is 49.7 Å². The lowest BCUT2D eigenvalue weighted by atomic mass is 9.73. The van der Waals surface area contributed by atoms with Gasteiger partial charge in [0, 0.05) is 43.1 Å². The summed E-state index contributed by atoms with van der Waals surface area (Å²) in [6, 6.07) is 3.82. The summed E-state index contributed by atoms with van der Waals surface area (Å²) in [7, 11) is 0. The molecule has 2 aliphatic heterocycles. The Labute approximate surface area is 148 Å². The van der Waals surface area contributed by atoms with Crippen molar-refractivity contribution < 1.29 is 13.6 Å². The number of carbonyl (C=O) groups is 1. The number of aryl methyl sites for hydroxylation is 1. The van der Waals surface area contributed by atoms with Crippen LogP contribution in [0.5, 0.6) is 0 Å². The molecule has 3 nitrogen and oxygen atoms in total. The Morgan fingerprint density at radius 3 is 2.72 bits per heavy atom. The molecule has 3 fully saturated rings. The summed E-state index contributed by atoms with van der Waals surface area (Å²) in [5.41, 5.74) is 0.919. The van der Waals surface area contributed by atoms with Crippen LogP contribution in [0, 0.1) is 24.0 Å². The van der Waals surface area contributed by atoms with Gasteiger partial charge in [0.15, 0.2) is 11.6 Å². The number of hydrogen-bond acceptors (Lipinski definition) is 2. The first kappa shape index (κ1) is 17.0. The molecule has 2 heterocycles. The van der Waals surface area contributed by atoms with E-state index in [2.05, 4.69) is 9.80 Å². The fraction of sp³-hybridized carbons (Fsp3) is 0.650. The summed E-state index contributed by atoms with van der Waals surface area (Å²) in [4.78, 5) is 16.6. The van der Waals surface area contributed by atoms with E-state index in [9.17, 15) is 13.6 Å². The Morgan fingerprint density at radius 2 is 1.96 bits per heavy atom. The van der Waals surface area contributed by atoms with Crippen molar-refractivity contribution in [1.29, 1.82) is 0 Å². The summed E-state index contributed by atoms with van der Waals surface area (Å²) in [6.45, 7) is 4.66. The first-order chi connectivity index (χ1) is 12.0. The number of benzene rings is 1. The summed E-state index contributed by atoms with van der Waals surface area (Å²) in [6.07, 6.45) is 6.03. The Bertz CT molecular complexity index is 689. The molecule has 4 rings (SSSR count). The van der Waals surface area contributed by atoms with Gasteiger partial charge in [0.05, 0.1) is 0 Å². The SMILES string of the molecule is Cc1ccc(CN2CCCC3(CCC(=O)N(C4CC4)C3)C2)c(F)c1F. The van der Waals surface area contributed by atoms with Crippen LogP contribution >= 0.6 is 0 Å². The van der Waals surface area contributed by atoms with E-state index in [1.807, 2.05) is 0 Å². The number of rotatable bonds is 3. The van der Waals surface area contributed by atoms with Crippen LogP contribution in [0.25, 0.3) is 0 Å². The second-order valence-electron chi connectivity index (χ2n) is 8.24. The highest BCUT2D eigenvalue weighted by Crippen LogP contribution is 2.42. The second-order valence-corrected chi connectivity index (χ2v) is 8.24. The number of halogens is 2. The van der Waals surface area contributed by atoms with Crippen molar-refractivity contribution in [1.82, 2.24) is 9.80 Å². The maximum absolute atomic E-state index is 14.2. The van der Waals surface area contributed by atoms with Crippen LogP contribution < -0.4 is 0 Å². The molecule has 1 amide bonds. The third kappa shape index (κ3) is 3.31. The van der Waals surface area contributed by atoms with E-state index >= 15 is 0 Å². The van der Waals surface area contributed by atoms with E-state index in [1.54, 1.807) is 19.1 Å². The number of amides is 1. The minimum absolute atomic E-state index is 0.133. The van der Waals surface area contributed by atoms with Crippen molar-refractivity contribution >= 4 is 5.91 Å². The Morgan fingerprint density at radius 1 is 1.16 bits per heavy atom. The fourth-order valence-electron chi connectivity index (χ4n) is 4.59. The molecule has 1 saturated carbocycles. The predicted octanol–water partition coefficient (Wildman–Crippen LogP) is 3.64. The highest BCUT2D eigenvalue weighted by molar-refractivity contribution is 5.78. The molecule has 136 valence electrons. The van der Waals surface area contributed by atoms with Gasteiger partial charge >= 0.3 is 0 Å². The first-order valence-corrected chi connectivity index (χ1v) is 9.43. The molecule has 1 atom stereocenters. The molecular formula is C20H26F2N2O. The van der Waals surface area contributed by atoms with Crippen molar-refractivity contribution in [3.63, 3.8) is 0 Å². The maximum Gasteiger partial charge on any atom is 0.222 e. The summed E-state index contributed by atoms with van der Waals surface area (Å²) >= 11 is 0. The zero-order valence-electron chi connectivity index (χ0n) is 14.9. The van der Waals surface area contributed by atoms with Gasteiger partial charge in [-0.15, -0.1) is 0 Å². The van der Waals surface area contributed by atoms with Gasteiger partial charge in [0.25, 0.3) is 0 Å². The zero-order chi connectivity index (χ0) is 17.6. The van der Waals surface area contributed by atoms with Crippen molar-refractivity contribution in [3.05, 3.63) is 34.9 Å². The number of piperidine rings is 2. The topological polar surface area (TPSA) is 23.6 Å². The van der Waals surface area contributed by atoms with Crippen LogP contribution in [0.3, 0.4) is 0 Å². The molecule has 0 bridgehead atoms. The van der Waals surface area contributed by atoms with Crippen LogP contribution in [0.2, 0.25) is 0 Å². The van der Waals surface area contributed by atoms with Crippen molar-refractivity contribution in [2.75, 3.05) is 19.6 Å². The van der Waals surface area contributed by atoms with E-state index in [1.165, 1.54) is 0 Å². The molecule has 1 unspecified atom stereocenters. The smallest absolute Gasteiger partial charge is 0.222 e. The molecule has 0 radical (unpaired) electrons. The van der Waals surface area contributed by atoms with Gasteiger partial charge in [-0.25, -0.2) is 8.78 Å². The molecule has 0 aromatic heterocycles. The average molecular weight is 348 g/mol. The largest absolute Gasteiger partial charge is 0.339 e. The van der Waals surface area contributed by atoms with Crippen molar-refractivity contribution in [3.8, 4) is 0 Å². The van der Waals surface area contributed by atoms with E-state index in [4.69, 9.17) is 0 Å². The summed E-state index contributed by atoms with van der Waals surface area (Å²) < 4.78 is 28.1. The fourth-order valence-corrected chi connectivity index (χ4v) is 4.59. The van der Waals surface area contributed by atoms with Crippen molar-refractivity contribution in [2.45, 2.75) is 58.0 Å². The molecule has 2 saturated heterocycles. The summed E-state index contributed by atoms with van der Waals surface area (Å²) in [5, 5.41) is 0. The van der Waals surface area contributed by atoms with Crippen LogP contribution in [0.4, 0.5) is 8.78 Å². The number of hydrogen-bond donors (Lipinski definition) is 0. The Hall–Kier alpha value is -1.49. The number of carbonyl (C=O) groups excluding carboxylic acids is 1. The highest BCUT2D eigenvalue weighted by Gasteiger charge is 2.45. The van der Waals surface area contributed by atoms with Gasteiger partial charge in [0.1, 0.15) is 0 Å². The van der Waals surface area contributed by atoms with Gasteiger partial charge in [-0.3, -0.25) is 9.69 Å². The standard InChI is InChI=1S/C20H26F2N2O/c1-14-3-4-15(19(22)18(14)21)11-23-10-2-8-20(12-23)9-7-17(25)24(13-20)16-5-6-16/h3-4,16H,2,5-13H2,1H3. The zero-order valence-corrected chi connectivity index (χ0v) is 14.9. The van der Waals surface area contributed by atoms with Crippen molar-refractivity contribution in [2.24, 2.45) is 5.41 Å². The van der Waals surface area contributed by atoms with E-state index in [-0.39, 0.29) is 5.41 Å². The number of likely N-dealkylation sites (tertiary alicyclic amines) is 2. The molecule has 1 aromatic carbocycles. The van der Waals surface area contributed by atoms with Gasteiger partial charge < -0.3 is 4.90 Å². The second kappa shape index (κ2) is 6.35. The molecular weight excluding hydrogens is 322 g/mol. The molecule has 1 aliphatic carbocycles. The van der Waals surface area contributed by atoms with Crippen LogP contribution in [0.15, 0.2) is 12.1 Å². The molecule has 0 N–H and O–H groups in total. The predicted molar refractivity (Wildman–Crippen MR) is 92.0 cm³/mol. The van der Waals surface area contributed by atoms with Gasteiger partial charge in [-0.2, -0.15) is 0 Å². The lowest BCUT2D eigenvalue weighted by Gasteiger charge is -2.48. The quantitative estimate of drug-likeness (QED) is 0.833. The third-order valence-corrected chi connectivity index (χ3v) is 6.17. The Kier molecular flexibility index (Phi) is 4.30. The minimum atomic E-state index is -0.729. The molecule has 1 spiro atoms. The molecule has 1 aromatic rings. The normalized spacial score (nSPS) is 28.0. The minimum Gasteiger partial charge on any atom is -0.339 e. The van der Waals surface area contributed by atoms with Crippen LogP contribution in [-0.4, -0.2) is 41.4 Å². The lowest BCUT2D eigenvalue weighted by molar-refractivity contribution is -0.140. The Balaban J connectivity index is 1.48. The molecule has 25 heavy (non-hydrogen) atoms. The maximum atomic E-state index is 14.2. The summed E-state index contributed by atoms with van der Waals surface area (Å²) in [5.74, 6) is -1.14. The van der Waals surface area contributed by atoms with Gasteiger partial charge in [-0.05, 0) is 51.1 Å². The van der Waals surface area contributed by atoms with E-state index in [0.717, 1.165) is 51.7 Å². The monoisotopic (exact) mass is 348 g/mol. The van der Waals surface area contributed by atoms with E-state index < -0.39 is 11.6 Å². The number of nitrogens with zero attached hydrogens (tertiary/aromatic N) is 2. The van der Waals surface area contributed by atoms with Crippen LogP contribution in [-0.2, 0) is 11.3 Å². The average Bonchev–Trinajstić information content (AvgIpc) is 3.43. The van der Waals surface area contributed by atoms with E-state index in [0.29, 0.717) is 36.0 Å². The molecule has 5 heteroatoms. The van der Waals surface area contributed by atoms with Gasteiger partial charge in [-0.1, -0.05) is 12.1 Å². The first-order valence-electron chi connectivity index (χ1n) is 9.43.